The summed E-state index contributed by atoms with van der Waals surface area (Å²) in [5.74, 6) is -0.379. The smallest absolute Gasteiger partial charge is 0.357 e. The molecule has 0 fully saturated rings. The molecule has 1 heterocycles. The van der Waals surface area contributed by atoms with Gasteiger partial charge in [-0.15, -0.1) is 11.3 Å². The Labute approximate surface area is 105 Å². The summed E-state index contributed by atoms with van der Waals surface area (Å²) >= 11 is 1.50. The van der Waals surface area contributed by atoms with Gasteiger partial charge < -0.3 is 14.4 Å². The lowest BCUT2D eigenvalue weighted by atomic mass is 10.4. The zero-order valence-electron chi connectivity index (χ0n) is 10.6. The molecule has 1 rings (SSSR count). The van der Waals surface area contributed by atoms with E-state index in [1.807, 2.05) is 18.9 Å². The van der Waals surface area contributed by atoms with Crippen molar-refractivity contribution in [1.82, 2.24) is 4.98 Å². The summed E-state index contributed by atoms with van der Waals surface area (Å²) in [5.41, 5.74) is 0.408. The average molecular weight is 258 g/mol. The van der Waals surface area contributed by atoms with Crippen LogP contribution < -0.4 is 4.90 Å². The number of hydrogen-bond acceptors (Lipinski definition) is 6. The molecule has 0 radical (unpaired) electrons. The van der Waals surface area contributed by atoms with Crippen molar-refractivity contribution in [3.05, 3.63) is 10.6 Å². The second kappa shape index (κ2) is 6.56. The van der Waals surface area contributed by atoms with Crippen molar-refractivity contribution in [2.24, 2.45) is 0 Å². The highest BCUT2D eigenvalue weighted by atomic mass is 32.1. The van der Waals surface area contributed by atoms with Gasteiger partial charge in [0.15, 0.2) is 10.8 Å². The summed E-state index contributed by atoms with van der Waals surface area (Å²) in [6.45, 7) is 3.44. The maximum atomic E-state index is 11.4. The first-order valence-electron chi connectivity index (χ1n) is 5.36. The molecule has 0 bridgehead atoms. The molecule has 96 valence electrons. The molecule has 0 unspecified atom stereocenters. The van der Waals surface area contributed by atoms with Crippen LogP contribution in [0.1, 0.15) is 21.8 Å². The van der Waals surface area contributed by atoms with Gasteiger partial charge in [-0.2, -0.15) is 0 Å². The van der Waals surface area contributed by atoms with Crippen molar-refractivity contribution in [3.63, 3.8) is 0 Å². The molecule has 0 aliphatic carbocycles. The molecule has 5 nitrogen and oxygen atoms in total. The Morgan fingerprint density at radius 2 is 2.18 bits per heavy atom. The Bertz CT molecular complexity index is 379. The first-order valence-corrected chi connectivity index (χ1v) is 6.17. The molecule has 0 saturated carbocycles. The van der Waals surface area contributed by atoms with E-state index in [0.29, 0.717) is 5.69 Å². The van der Waals surface area contributed by atoms with Crippen molar-refractivity contribution >= 4 is 22.4 Å². The fourth-order valence-electron chi connectivity index (χ4n) is 1.37. The molecular formula is C11H18N2O3S. The third-order valence-electron chi connectivity index (χ3n) is 2.33. The second-order valence-corrected chi connectivity index (χ2v) is 4.84. The van der Waals surface area contributed by atoms with Gasteiger partial charge in [-0.3, -0.25) is 0 Å². The van der Waals surface area contributed by atoms with Gasteiger partial charge in [0, 0.05) is 32.2 Å². The van der Waals surface area contributed by atoms with Crippen molar-refractivity contribution in [2.75, 3.05) is 39.3 Å². The highest BCUT2D eigenvalue weighted by molar-refractivity contribution is 7.15. The highest BCUT2D eigenvalue weighted by Crippen LogP contribution is 2.25. The number of esters is 1. The van der Waals surface area contributed by atoms with Gasteiger partial charge >= 0.3 is 5.97 Å². The third kappa shape index (κ3) is 3.67. The topological polar surface area (TPSA) is 51.7 Å². The van der Waals surface area contributed by atoms with Crippen LogP contribution >= 0.6 is 11.3 Å². The van der Waals surface area contributed by atoms with Crippen LogP contribution in [0, 0.1) is 6.92 Å². The fraction of sp³-hybridized carbons (Fsp3) is 0.636. The van der Waals surface area contributed by atoms with Crippen LogP contribution in [0.2, 0.25) is 0 Å². The number of thiazole rings is 1. The zero-order valence-corrected chi connectivity index (χ0v) is 11.5. The SMILES string of the molecule is COCCCN(C)c1nc(C(=O)OC)c(C)s1. The predicted octanol–water partition coefficient (Wildman–Crippen LogP) is 1.71. The number of methoxy groups -OCH3 is 2. The second-order valence-electron chi connectivity index (χ2n) is 3.66. The van der Waals surface area contributed by atoms with Crippen LogP contribution in [0.4, 0.5) is 5.13 Å². The van der Waals surface area contributed by atoms with Crippen LogP contribution in [-0.4, -0.2) is 45.4 Å². The van der Waals surface area contributed by atoms with Gasteiger partial charge in [0.05, 0.1) is 7.11 Å². The first-order chi connectivity index (χ1) is 8.10. The van der Waals surface area contributed by atoms with Gasteiger partial charge in [-0.25, -0.2) is 9.78 Å². The predicted molar refractivity (Wildman–Crippen MR) is 68.0 cm³/mol. The lowest BCUT2D eigenvalue weighted by molar-refractivity contribution is 0.0594. The van der Waals surface area contributed by atoms with E-state index in [1.54, 1.807) is 7.11 Å². The normalized spacial score (nSPS) is 10.4. The number of nitrogens with zero attached hydrogens (tertiary/aromatic N) is 2. The molecule has 0 aliphatic heterocycles. The minimum Gasteiger partial charge on any atom is -0.464 e. The van der Waals surface area contributed by atoms with Gasteiger partial charge in [0.25, 0.3) is 0 Å². The molecule has 0 saturated heterocycles. The van der Waals surface area contributed by atoms with E-state index >= 15 is 0 Å². The van der Waals surface area contributed by atoms with E-state index in [4.69, 9.17) is 4.74 Å². The number of carbonyl (C=O) groups is 1. The lowest BCUT2D eigenvalue weighted by Crippen LogP contribution is -2.19. The molecule has 0 aliphatic rings. The van der Waals surface area contributed by atoms with Crippen molar-refractivity contribution in [1.29, 1.82) is 0 Å². The molecule has 0 N–H and O–H groups in total. The Morgan fingerprint density at radius 1 is 1.47 bits per heavy atom. The Hall–Kier alpha value is -1.14. The van der Waals surface area contributed by atoms with E-state index in [-0.39, 0.29) is 5.97 Å². The molecule has 1 aromatic rings. The average Bonchev–Trinajstić information content (AvgIpc) is 2.70. The van der Waals surface area contributed by atoms with E-state index in [9.17, 15) is 4.79 Å². The van der Waals surface area contributed by atoms with E-state index < -0.39 is 0 Å². The van der Waals surface area contributed by atoms with Crippen molar-refractivity contribution in [2.45, 2.75) is 13.3 Å². The Morgan fingerprint density at radius 3 is 2.76 bits per heavy atom. The van der Waals surface area contributed by atoms with Gasteiger partial charge in [0.2, 0.25) is 0 Å². The largest absolute Gasteiger partial charge is 0.464 e. The summed E-state index contributed by atoms with van der Waals surface area (Å²) in [5, 5.41) is 0.832. The summed E-state index contributed by atoms with van der Waals surface area (Å²) in [7, 11) is 5.00. The van der Waals surface area contributed by atoms with Crippen LogP contribution in [0.25, 0.3) is 0 Å². The van der Waals surface area contributed by atoms with Crippen LogP contribution in [-0.2, 0) is 9.47 Å². The van der Waals surface area contributed by atoms with E-state index in [0.717, 1.165) is 29.6 Å². The van der Waals surface area contributed by atoms with Gasteiger partial charge in [-0.1, -0.05) is 0 Å². The fourth-order valence-corrected chi connectivity index (χ4v) is 2.26. The zero-order chi connectivity index (χ0) is 12.8. The number of anilines is 1. The van der Waals surface area contributed by atoms with E-state index in [1.165, 1.54) is 18.4 Å². The minimum absolute atomic E-state index is 0.379. The number of aromatic nitrogens is 1. The maximum absolute atomic E-state index is 11.4. The standard InChI is InChI=1S/C11H18N2O3S/c1-8-9(10(14)16-4)12-11(17-8)13(2)6-5-7-15-3/h5-7H2,1-4H3. The van der Waals surface area contributed by atoms with Crippen molar-refractivity contribution in [3.8, 4) is 0 Å². The van der Waals surface area contributed by atoms with E-state index in [2.05, 4.69) is 9.72 Å². The number of aryl methyl sites for hydroxylation is 1. The molecule has 17 heavy (non-hydrogen) atoms. The number of carbonyl (C=O) groups excluding carboxylic acids is 1. The molecule has 0 aromatic carbocycles. The third-order valence-corrected chi connectivity index (χ3v) is 3.42. The molecule has 0 atom stereocenters. The maximum Gasteiger partial charge on any atom is 0.357 e. The molecule has 6 heteroatoms. The summed E-state index contributed by atoms with van der Waals surface area (Å²) < 4.78 is 9.67. The minimum atomic E-state index is -0.379. The van der Waals surface area contributed by atoms with Crippen LogP contribution in [0.15, 0.2) is 0 Å². The molecular weight excluding hydrogens is 240 g/mol. The monoisotopic (exact) mass is 258 g/mol. The Kier molecular flexibility index (Phi) is 5.37. The molecule has 0 amide bonds. The first kappa shape index (κ1) is 13.9. The lowest BCUT2D eigenvalue weighted by Gasteiger charge is -2.14. The van der Waals surface area contributed by atoms with Crippen molar-refractivity contribution < 1.29 is 14.3 Å². The summed E-state index contributed by atoms with van der Waals surface area (Å²) in [6.07, 6.45) is 0.930. The highest BCUT2D eigenvalue weighted by Gasteiger charge is 2.17. The Balaban J connectivity index is 2.68. The van der Waals surface area contributed by atoms with Crippen LogP contribution in [0.5, 0.6) is 0 Å². The number of rotatable bonds is 6. The van der Waals surface area contributed by atoms with Crippen LogP contribution in [0.3, 0.4) is 0 Å². The van der Waals surface area contributed by atoms with Gasteiger partial charge in [-0.05, 0) is 13.3 Å². The molecule has 1 aromatic heterocycles. The number of ether oxygens (including phenoxy) is 2. The summed E-state index contributed by atoms with van der Waals surface area (Å²) in [6, 6.07) is 0. The van der Waals surface area contributed by atoms with Gasteiger partial charge in [0.1, 0.15) is 0 Å². The molecule has 0 spiro atoms. The number of hydrogen-bond donors (Lipinski definition) is 0. The quantitative estimate of drug-likeness (QED) is 0.574. The summed E-state index contributed by atoms with van der Waals surface area (Å²) in [4.78, 5) is 18.6.